The summed E-state index contributed by atoms with van der Waals surface area (Å²) in [5, 5.41) is 7.00. The standard InChI is InChI=1S/C47H28N4O/c1-3-12-29(13-4-1)45-48-46(30-14-5-2-6-15-30)50-47(49-45)37-23-25-43-44-35(37)19-11-20-36(44)39-28-33(22-24-42(39)52-43)51-40-21-10-9-18-34(40)38-26-31-16-7-8-17-32(31)27-41(38)51/h1-28H. The molecule has 5 nitrogen and oxygen atoms in total. The second kappa shape index (κ2) is 11.2. The van der Waals surface area contributed by atoms with Crippen LogP contribution in [-0.2, 0) is 0 Å². The zero-order valence-electron chi connectivity index (χ0n) is 27.9. The summed E-state index contributed by atoms with van der Waals surface area (Å²) in [5.74, 6) is 3.54. The normalized spacial score (nSPS) is 12.0. The van der Waals surface area contributed by atoms with Gasteiger partial charge in [0.15, 0.2) is 17.5 Å². The van der Waals surface area contributed by atoms with Crippen molar-refractivity contribution in [3.8, 4) is 62.5 Å². The van der Waals surface area contributed by atoms with Gasteiger partial charge in [-0.05, 0) is 70.3 Å². The Balaban J connectivity index is 1.11. The first-order valence-corrected chi connectivity index (χ1v) is 17.4. The van der Waals surface area contributed by atoms with E-state index in [1.807, 2.05) is 66.7 Å². The van der Waals surface area contributed by atoms with Crippen LogP contribution >= 0.6 is 0 Å². The third kappa shape index (κ3) is 4.39. The molecule has 0 bridgehead atoms. The molecule has 0 atom stereocenters. The first-order chi connectivity index (χ1) is 25.8. The smallest absolute Gasteiger partial charge is 0.164 e. The van der Waals surface area contributed by atoms with Crippen LogP contribution in [0.1, 0.15) is 0 Å². The largest absolute Gasteiger partial charge is 0.456 e. The highest BCUT2D eigenvalue weighted by Gasteiger charge is 2.24. The highest BCUT2D eigenvalue weighted by Crippen LogP contribution is 2.49. The van der Waals surface area contributed by atoms with Crippen LogP contribution < -0.4 is 4.74 Å². The lowest BCUT2D eigenvalue weighted by atomic mass is 9.92. The fourth-order valence-electron chi connectivity index (χ4n) is 7.82. The minimum Gasteiger partial charge on any atom is -0.456 e. The van der Waals surface area contributed by atoms with Crippen molar-refractivity contribution in [2.45, 2.75) is 0 Å². The van der Waals surface area contributed by atoms with Gasteiger partial charge in [0.05, 0.1) is 11.0 Å². The van der Waals surface area contributed by atoms with Gasteiger partial charge in [-0.2, -0.15) is 0 Å². The number of fused-ring (bicyclic) bond motifs is 6. The summed E-state index contributed by atoms with van der Waals surface area (Å²) in [6.07, 6.45) is 0. The number of hydrogen-bond donors (Lipinski definition) is 0. The summed E-state index contributed by atoms with van der Waals surface area (Å²) in [5.41, 5.74) is 8.39. The number of ether oxygens (including phenoxy) is 1. The Bertz CT molecular complexity index is 2980. The minimum absolute atomic E-state index is 0.619. The van der Waals surface area contributed by atoms with E-state index in [0.29, 0.717) is 17.5 Å². The molecule has 0 saturated carbocycles. The average molecular weight is 665 g/mol. The third-order valence-corrected chi connectivity index (χ3v) is 10.2. The molecule has 0 aliphatic carbocycles. The lowest BCUT2D eigenvalue weighted by Gasteiger charge is -2.23. The molecular formula is C47H28N4O. The number of rotatable bonds is 4. The van der Waals surface area contributed by atoms with Crippen molar-refractivity contribution in [3.63, 3.8) is 0 Å². The van der Waals surface area contributed by atoms with Gasteiger partial charge in [0.1, 0.15) is 11.5 Å². The summed E-state index contributed by atoms with van der Waals surface area (Å²) in [6.45, 7) is 0. The Morgan fingerprint density at radius 3 is 1.79 bits per heavy atom. The van der Waals surface area contributed by atoms with Crippen LogP contribution in [0.2, 0.25) is 0 Å². The van der Waals surface area contributed by atoms with Gasteiger partial charge >= 0.3 is 0 Å². The van der Waals surface area contributed by atoms with Crippen molar-refractivity contribution in [2.24, 2.45) is 0 Å². The van der Waals surface area contributed by atoms with Gasteiger partial charge in [-0.25, -0.2) is 15.0 Å². The topological polar surface area (TPSA) is 52.8 Å². The Hall–Kier alpha value is -7.11. The van der Waals surface area contributed by atoms with E-state index in [9.17, 15) is 0 Å². The van der Waals surface area contributed by atoms with Gasteiger partial charge in [-0.3, -0.25) is 0 Å². The molecule has 0 fully saturated rings. The first-order valence-electron chi connectivity index (χ1n) is 17.4. The molecule has 0 unspecified atom stereocenters. The zero-order valence-corrected chi connectivity index (χ0v) is 27.9. The lowest BCUT2D eigenvalue weighted by Crippen LogP contribution is -2.03. The van der Waals surface area contributed by atoms with E-state index >= 15 is 0 Å². The van der Waals surface area contributed by atoms with Gasteiger partial charge in [-0.1, -0.05) is 121 Å². The van der Waals surface area contributed by atoms with Crippen LogP contribution in [0.15, 0.2) is 170 Å². The minimum atomic E-state index is 0.619. The van der Waals surface area contributed by atoms with E-state index in [4.69, 9.17) is 19.7 Å². The molecule has 0 amide bonds. The molecule has 0 radical (unpaired) electrons. The van der Waals surface area contributed by atoms with Gasteiger partial charge in [0.25, 0.3) is 0 Å². The number of aromatic nitrogens is 4. The van der Waals surface area contributed by atoms with Crippen LogP contribution in [-0.4, -0.2) is 19.5 Å². The predicted molar refractivity (Wildman–Crippen MR) is 211 cm³/mol. The molecule has 0 spiro atoms. The van der Waals surface area contributed by atoms with Crippen molar-refractivity contribution in [3.05, 3.63) is 170 Å². The maximum atomic E-state index is 6.67. The van der Waals surface area contributed by atoms with E-state index in [0.717, 1.165) is 55.8 Å². The number of nitrogens with zero attached hydrogens (tertiary/aromatic N) is 4. The Morgan fingerprint density at radius 1 is 0.385 bits per heavy atom. The fourth-order valence-corrected chi connectivity index (χ4v) is 7.82. The van der Waals surface area contributed by atoms with Crippen molar-refractivity contribution >= 4 is 43.4 Å². The van der Waals surface area contributed by atoms with Gasteiger partial charge in [0.2, 0.25) is 0 Å². The van der Waals surface area contributed by atoms with E-state index < -0.39 is 0 Å². The number of hydrogen-bond acceptors (Lipinski definition) is 4. The van der Waals surface area contributed by atoms with E-state index in [2.05, 4.69) is 108 Å². The molecule has 0 saturated heterocycles. The van der Waals surface area contributed by atoms with Crippen molar-refractivity contribution in [2.75, 3.05) is 0 Å². The van der Waals surface area contributed by atoms with Gasteiger partial charge < -0.3 is 9.30 Å². The van der Waals surface area contributed by atoms with Crippen molar-refractivity contribution < 1.29 is 4.74 Å². The highest BCUT2D eigenvalue weighted by atomic mass is 16.5. The van der Waals surface area contributed by atoms with E-state index in [1.165, 1.54) is 32.6 Å². The van der Waals surface area contributed by atoms with E-state index in [-0.39, 0.29) is 0 Å². The summed E-state index contributed by atoms with van der Waals surface area (Å²) < 4.78 is 9.05. The maximum absolute atomic E-state index is 6.67. The Kier molecular flexibility index (Phi) is 6.18. The fraction of sp³-hybridized carbons (Fsp3) is 0. The molecule has 5 heteroatoms. The zero-order chi connectivity index (χ0) is 34.2. The third-order valence-electron chi connectivity index (χ3n) is 10.2. The summed E-state index contributed by atoms with van der Waals surface area (Å²) in [6, 6.07) is 59.2. The molecule has 11 rings (SSSR count). The number of para-hydroxylation sites is 1. The number of benzene rings is 8. The van der Waals surface area contributed by atoms with E-state index in [1.54, 1.807) is 0 Å². The molecule has 8 aromatic carbocycles. The Morgan fingerprint density at radius 2 is 1.02 bits per heavy atom. The quantitative estimate of drug-likeness (QED) is 0.188. The second-order valence-electron chi connectivity index (χ2n) is 13.2. The molecule has 3 heterocycles. The van der Waals surface area contributed by atoms with Crippen molar-refractivity contribution in [1.82, 2.24) is 19.5 Å². The highest BCUT2D eigenvalue weighted by molar-refractivity contribution is 6.14. The second-order valence-corrected chi connectivity index (χ2v) is 13.2. The van der Waals surface area contributed by atoms with Gasteiger partial charge in [0, 0.05) is 44.1 Å². The molecule has 10 aromatic rings. The molecular weight excluding hydrogens is 637 g/mol. The summed E-state index contributed by atoms with van der Waals surface area (Å²) >= 11 is 0. The van der Waals surface area contributed by atoms with Crippen LogP contribution in [0, 0.1) is 0 Å². The first kappa shape index (κ1) is 28.7. The molecule has 52 heavy (non-hydrogen) atoms. The summed E-state index contributed by atoms with van der Waals surface area (Å²) in [7, 11) is 0. The SMILES string of the molecule is c1ccc(-c2nc(-c3ccccc3)nc(-c3ccc4c5c(cccc35)-c3cc(-n5c6ccccc6c6cc7ccccc7cc65)ccc3O4)n2)cc1. The molecule has 2 aromatic heterocycles. The van der Waals surface area contributed by atoms with Gasteiger partial charge in [-0.15, -0.1) is 0 Å². The van der Waals surface area contributed by atoms with Crippen LogP contribution in [0.3, 0.4) is 0 Å². The summed E-state index contributed by atoms with van der Waals surface area (Å²) in [4.78, 5) is 15.0. The monoisotopic (exact) mass is 664 g/mol. The predicted octanol–water partition coefficient (Wildman–Crippen LogP) is 12.0. The maximum Gasteiger partial charge on any atom is 0.164 e. The lowest BCUT2D eigenvalue weighted by molar-refractivity contribution is 0.487. The van der Waals surface area contributed by atoms with Crippen LogP contribution in [0.25, 0.3) is 94.3 Å². The van der Waals surface area contributed by atoms with Crippen molar-refractivity contribution in [1.29, 1.82) is 0 Å². The average Bonchev–Trinajstić information content (AvgIpc) is 3.53. The molecule has 1 aliphatic heterocycles. The Labute approximate surface area is 299 Å². The van der Waals surface area contributed by atoms with Crippen LogP contribution in [0.4, 0.5) is 0 Å². The molecule has 1 aliphatic rings. The molecule has 242 valence electrons. The molecule has 0 N–H and O–H groups in total. The van der Waals surface area contributed by atoms with Crippen LogP contribution in [0.5, 0.6) is 11.5 Å².